The molecule has 0 aliphatic heterocycles. The van der Waals surface area contributed by atoms with Gasteiger partial charge in [-0.3, -0.25) is 4.79 Å². The van der Waals surface area contributed by atoms with E-state index in [-0.39, 0.29) is 12.0 Å². The lowest BCUT2D eigenvalue weighted by Crippen LogP contribution is -2.25. The average Bonchev–Trinajstić information content (AvgIpc) is 2.65. The van der Waals surface area contributed by atoms with Crippen molar-refractivity contribution < 1.29 is 24.2 Å². The number of carbonyl (C=O) groups excluding carboxylic acids is 1. The third-order valence-corrected chi connectivity index (χ3v) is 3.72. The summed E-state index contributed by atoms with van der Waals surface area (Å²) in [5, 5.41) is 12.6. The fraction of sp³-hybridized carbons (Fsp3) is 0.286. The number of carboxylic acids is 1. The summed E-state index contributed by atoms with van der Waals surface area (Å²) in [6.45, 7) is 5.58. The lowest BCUT2D eigenvalue weighted by Gasteiger charge is -2.22. The fourth-order valence-electron chi connectivity index (χ4n) is 2.42. The molecule has 28 heavy (non-hydrogen) atoms. The van der Waals surface area contributed by atoms with Gasteiger partial charge in [-0.05, 0) is 29.2 Å². The second-order valence-corrected chi connectivity index (χ2v) is 7.05. The molecule has 0 aliphatic rings. The number of hydrogen-bond acceptors (Lipinski definition) is 5. The van der Waals surface area contributed by atoms with E-state index in [0.29, 0.717) is 17.1 Å². The first-order chi connectivity index (χ1) is 13.3. The van der Waals surface area contributed by atoms with Gasteiger partial charge in [0.05, 0.1) is 6.21 Å². The maximum absolute atomic E-state index is 12.0. The van der Waals surface area contributed by atoms with E-state index in [1.807, 2.05) is 24.3 Å². The monoisotopic (exact) mass is 384 g/mol. The Kier molecular flexibility index (Phi) is 7.14. The number of para-hydroxylation sites is 2. The van der Waals surface area contributed by atoms with Crippen LogP contribution in [0.25, 0.3) is 0 Å². The van der Waals surface area contributed by atoms with E-state index in [1.165, 1.54) is 6.21 Å². The number of amides is 1. The number of rotatable bonds is 8. The number of hydrogen-bond donors (Lipinski definition) is 2. The smallest absolute Gasteiger partial charge is 0.341 e. The molecule has 2 N–H and O–H groups in total. The van der Waals surface area contributed by atoms with Crippen LogP contribution in [0.3, 0.4) is 0 Å². The van der Waals surface area contributed by atoms with Gasteiger partial charge in [0, 0.05) is 5.56 Å². The molecular formula is C21H24N2O5. The molecule has 2 aromatic carbocycles. The number of nitrogens with zero attached hydrogens (tertiary/aromatic N) is 1. The summed E-state index contributed by atoms with van der Waals surface area (Å²) in [5.41, 5.74) is 3.83. The number of ether oxygens (including phenoxy) is 2. The van der Waals surface area contributed by atoms with Crippen LogP contribution in [0.15, 0.2) is 53.6 Å². The Hall–Kier alpha value is -3.35. The predicted octanol–water partition coefficient (Wildman–Crippen LogP) is 2.98. The minimum Gasteiger partial charge on any atom is -0.483 e. The number of carbonyl (C=O) groups is 2. The SMILES string of the molecule is CC(C)(C)c1ccccc1OCC(=O)N/N=C\c1ccccc1OCC(=O)O. The van der Waals surface area contributed by atoms with Gasteiger partial charge in [0.2, 0.25) is 0 Å². The highest BCUT2D eigenvalue weighted by Crippen LogP contribution is 2.30. The fourth-order valence-corrected chi connectivity index (χ4v) is 2.42. The highest BCUT2D eigenvalue weighted by Gasteiger charge is 2.18. The van der Waals surface area contributed by atoms with Crippen LogP contribution in [-0.4, -0.2) is 36.4 Å². The highest BCUT2D eigenvalue weighted by atomic mass is 16.5. The van der Waals surface area contributed by atoms with E-state index in [2.05, 4.69) is 31.3 Å². The number of aliphatic carboxylic acids is 1. The molecule has 0 saturated carbocycles. The quantitative estimate of drug-likeness (QED) is 0.539. The van der Waals surface area contributed by atoms with Crippen LogP contribution >= 0.6 is 0 Å². The van der Waals surface area contributed by atoms with Gasteiger partial charge in [0.15, 0.2) is 13.2 Å². The standard InChI is InChI=1S/C21H24N2O5/c1-21(2,3)16-9-5-7-11-18(16)27-13-19(24)23-22-12-15-8-4-6-10-17(15)28-14-20(25)26/h4-12H,13-14H2,1-3H3,(H,23,24)(H,25,26)/b22-12-. The van der Waals surface area contributed by atoms with Crippen molar-refractivity contribution in [3.63, 3.8) is 0 Å². The highest BCUT2D eigenvalue weighted by molar-refractivity contribution is 5.85. The van der Waals surface area contributed by atoms with Gasteiger partial charge in [-0.1, -0.05) is 51.1 Å². The van der Waals surface area contributed by atoms with Gasteiger partial charge < -0.3 is 14.6 Å². The summed E-state index contributed by atoms with van der Waals surface area (Å²) in [5.74, 6) is -0.476. The first-order valence-electron chi connectivity index (χ1n) is 8.75. The zero-order chi connectivity index (χ0) is 20.6. The lowest BCUT2D eigenvalue weighted by molar-refractivity contribution is -0.139. The number of nitrogens with one attached hydrogen (secondary N) is 1. The molecule has 0 spiro atoms. The number of benzene rings is 2. The molecule has 2 aromatic rings. The molecule has 0 atom stereocenters. The zero-order valence-corrected chi connectivity index (χ0v) is 16.1. The second kappa shape index (κ2) is 9.55. The van der Waals surface area contributed by atoms with Crippen molar-refractivity contribution in [1.82, 2.24) is 5.43 Å². The summed E-state index contributed by atoms with van der Waals surface area (Å²) >= 11 is 0. The number of hydrazone groups is 1. The Morgan fingerprint density at radius 3 is 2.29 bits per heavy atom. The van der Waals surface area contributed by atoms with Crippen LogP contribution in [-0.2, 0) is 15.0 Å². The summed E-state index contributed by atoms with van der Waals surface area (Å²) < 4.78 is 10.8. The molecule has 0 radical (unpaired) electrons. The maximum Gasteiger partial charge on any atom is 0.341 e. The second-order valence-electron chi connectivity index (χ2n) is 7.05. The van der Waals surface area contributed by atoms with Crippen LogP contribution < -0.4 is 14.9 Å². The Morgan fingerprint density at radius 1 is 1.00 bits per heavy atom. The Morgan fingerprint density at radius 2 is 1.61 bits per heavy atom. The number of carboxylic acid groups (broad SMARTS) is 1. The van der Waals surface area contributed by atoms with E-state index >= 15 is 0 Å². The van der Waals surface area contributed by atoms with Crippen molar-refractivity contribution in [2.45, 2.75) is 26.2 Å². The van der Waals surface area contributed by atoms with Crippen LogP contribution in [0.1, 0.15) is 31.9 Å². The van der Waals surface area contributed by atoms with Crippen molar-refractivity contribution in [1.29, 1.82) is 0 Å². The molecule has 148 valence electrons. The van der Waals surface area contributed by atoms with Crippen LogP contribution in [0.2, 0.25) is 0 Å². The van der Waals surface area contributed by atoms with Gasteiger partial charge in [-0.2, -0.15) is 5.10 Å². The molecule has 0 aliphatic carbocycles. The first-order valence-corrected chi connectivity index (χ1v) is 8.75. The first kappa shape index (κ1) is 21.0. The summed E-state index contributed by atoms with van der Waals surface area (Å²) in [7, 11) is 0. The summed E-state index contributed by atoms with van der Waals surface area (Å²) in [6.07, 6.45) is 1.39. The van der Waals surface area contributed by atoms with Gasteiger partial charge in [-0.25, -0.2) is 10.2 Å². The van der Waals surface area contributed by atoms with E-state index in [1.54, 1.807) is 24.3 Å². The van der Waals surface area contributed by atoms with Crippen molar-refractivity contribution in [2.75, 3.05) is 13.2 Å². The average molecular weight is 384 g/mol. The minimum absolute atomic E-state index is 0.106. The van der Waals surface area contributed by atoms with Gasteiger partial charge in [0.1, 0.15) is 11.5 Å². The van der Waals surface area contributed by atoms with Crippen molar-refractivity contribution in [3.8, 4) is 11.5 Å². The third kappa shape index (κ3) is 6.42. The molecule has 0 heterocycles. The van der Waals surface area contributed by atoms with Crippen molar-refractivity contribution in [2.24, 2.45) is 5.10 Å². The summed E-state index contributed by atoms with van der Waals surface area (Å²) in [4.78, 5) is 22.6. The molecule has 7 heteroatoms. The van der Waals surface area contributed by atoms with Crippen molar-refractivity contribution in [3.05, 3.63) is 59.7 Å². The van der Waals surface area contributed by atoms with Crippen molar-refractivity contribution >= 4 is 18.1 Å². The van der Waals surface area contributed by atoms with Crippen LogP contribution in [0, 0.1) is 0 Å². The lowest BCUT2D eigenvalue weighted by atomic mass is 9.86. The van der Waals surface area contributed by atoms with Crippen LogP contribution in [0.4, 0.5) is 0 Å². The molecule has 0 saturated heterocycles. The van der Waals surface area contributed by atoms with Gasteiger partial charge >= 0.3 is 5.97 Å². The normalized spacial score (nSPS) is 11.2. The summed E-state index contributed by atoms with van der Waals surface area (Å²) in [6, 6.07) is 14.4. The molecule has 1 amide bonds. The minimum atomic E-state index is -1.08. The molecule has 7 nitrogen and oxygen atoms in total. The zero-order valence-electron chi connectivity index (χ0n) is 16.1. The molecule has 0 fully saturated rings. The molecular weight excluding hydrogens is 360 g/mol. The van der Waals surface area contributed by atoms with E-state index in [4.69, 9.17) is 14.6 Å². The third-order valence-electron chi connectivity index (χ3n) is 3.72. The predicted molar refractivity (Wildman–Crippen MR) is 106 cm³/mol. The maximum atomic E-state index is 12.0. The Balaban J connectivity index is 1.93. The molecule has 0 aromatic heterocycles. The molecule has 0 unspecified atom stereocenters. The topological polar surface area (TPSA) is 97.2 Å². The van der Waals surface area contributed by atoms with E-state index < -0.39 is 18.5 Å². The molecule has 2 rings (SSSR count). The van der Waals surface area contributed by atoms with Gasteiger partial charge in [-0.15, -0.1) is 0 Å². The van der Waals surface area contributed by atoms with Crippen LogP contribution in [0.5, 0.6) is 11.5 Å². The Labute approximate surface area is 164 Å². The largest absolute Gasteiger partial charge is 0.483 e. The Bertz CT molecular complexity index is 856. The van der Waals surface area contributed by atoms with E-state index in [9.17, 15) is 9.59 Å². The van der Waals surface area contributed by atoms with E-state index in [0.717, 1.165) is 5.56 Å². The molecule has 0 bridgehead atoms. The van der Waals surface area contributed by atoms with Gasteiger partial charge in [0.25, 0.3) is 5.91 Å².